The van der Waals surface area contributed by atoms with Gasteiger partial charge in [0.05, 0.1) is 0 Å². The van der Waals surface area contributed by atoms with Gasteiger partial charge in [0.2, 0.25) is 11.4 Å². The van der Waals surface area contributed by atoms with E-state index in [1.54, 1.807) is 0 Å². The number of unbranched alkanes of at least 4 members (excludes halogenated alkanes) is 13. The molecule has 0 saturated heterocycles. The fourth-order valence-electron chi connectivity index (χ4n) is 5.87. The van der Waals surface area contributed by atoms with Crippen molar-refractivity contribution in [3.63, 3.8) is 0 Å². The predicted molar refractivity (Wildman–Crippen MR) is 209 cm³/mol. The number of hydrogen-bond donors (Lipinski definition) is 2. The van der Waals surface area contributed by atoms with Crippen molar-refractivity contribution in [3.8, 4) is 0 Å². The summed E-state index contributed by atoms with van der Waals surface area (Å²) in [5, 5.41) is 16.1. The van der Waals surface area contributed by atoms with Gasteiger partial charge in [-0.25, -0.2) is 4.70 Å². The van der Waals surface area contributed by atoms with Crippen molar-refractivity contribution in [3.05, 3.63) is 88.0 Å². The van der Waals surface area contributed by atoms with Crippen LogP contribution in [0.3, 0.4) is 0 Å². The Labute approximate surface area is 312 Å². The number of aliphatic hydroxyl groups is 2. The SMILES string of the molecule is CCCCCCCCc1ccc(C2=CC(CCCC)=C(c3cccc(CCCCCCCC)c3)[N+]2=[N-])cc1.CCCCO.CCCCO.[Ni]. The Morgan fingerprint density at radius 3 is 1.49 bits per heavy atom. The average Bonchev–Trinajstić information content (AvgIpc) is 3.44. The molecule has 0 unspecified atom stereocenters. The molecule has 1 aliphatic heterocycles. The van der Waals surface area contributed by atoms with E-state index in [-0.39, 0.29) is 16.5 Å². The first-order chi connectivity index (χ1) is 23.5. The van der Waals surface area contributed by atoms with Gasteiger partial charge in [-0.15, -0.1) is 0 Å². The van der Waals surface area contributed by atoms with Gasteiger partial charge in [0, 0.05) is 52.5 Å². The van der Waals surface area contributed by atoms with Gasteiger partial charge >= 0.3 is 0 Å². The van der Waals surface area contributed by atoms with Crippen LogP contribution in [0.15, 0.2) is 60.2 Å². The minimum atomic E-state index is 0. The quantitative estimate of drug-likeness (QED) is 0.0682. The predicted octanol–water partition coefficient (Wildman–Crippen LogP) is 13.0. The Hall–Kier alpha value is -2.07. The van der Waals surface area contributed by atoms with Gasteiger partial charge in [0.1, 0.15) is 0 Å². The van der Waals surface area contributed by atoms with E-state index in [1.807, 2.05) is 0 Å². The second kappa shape index (κ2) is 31.9. The van der Waals surface area contributed by atoms with Gasteiger partial charge in [0.25, 0.3) is 0 Å². The molecule has 0 atom stereocenters. The van der Waals surface area contributed by atoms with E-state index in [4.69, 9.17) is 10.2 Å². The number of aryl methyl sites for hydroxylation is 2. The van der Waals surface area contributed by atoms with Crippen LogP contribution in [0.2, 0.25) is 0 Å². The van der Waals surface area contributed by atoms with Gasteiger partial charge in [-0.05, 0) is 86.8 Å². The molecule has 0 spiro atoms. The third-order valence-corrected chi connectivity index (χ3v) is 8.97. The molecule has 5 heteroatoms. The van der Waals surface area contributed by atoms with Gasteiger partial charge in [-0.2, -0.15) is 0 Å². The summed E-state index contributed by atoms with van der Waals surface area (Å²) >= 11 is 0. The summed E-state index contributed by atoms with van der Waals surface area (Å²) < 4.78 is 1.46. The van der Waals surface area contributed by atoms with Gasteiger partial charge < -0.3 is 15.7 Å². The van der Waals surface area contributed by atoms with E-state index in [1.165, 1.54) is 98.4 Å². The number of benzene rings is 2. The van der Waals surface area contributed by atoms with E-state index < -0.39 is 0 Å². The topological polar surface area (TPSA) is 65.8 Å². The number of hydrogen-bond acceptors (Lipinski definition) is 2. The van der Waals surface area contributed by atoms with Crippen molar-refractivity contribution in [2.45, 2.75) is 169 Å². The number of aliphatic hydroxyl groups excluding tert-OH is 2. The zero-order valence-corrected chi connectivity index (χ0v) is 33.1. The molecule has 0 fully saturated rings. The maximum Gasteiger partial charge on any atom is 0.210 e. The van der Waals surface area contributed by atoms with Crippen LogP contribution < -0.4 is 0 Å². The number of rotatable bonds is 23. The second-order valence-electron chi connectivity index (χ2n) is 13.4. The van der Waals surface area contributed by atoms with E-state index >= 15 is 0 Å². The third kappa shape index (κ3) is 20.4. The largest absolute Gasteiger partial charge is 0.493 e. The first-order valence-corrected chi connectivity index (χ1v) is 19.8. The molecule has 1 aliphatic rings. The van der Waals surface area contributed by atoms with Crippen LogP contribution in [0.5, 0.6) is 0 Å². The molecule has 0 amide bonds. The van der Waals surface area contributed by atoms with Gasteiger partial charge in [-0.1, -0.05) is 142 Å². The molecule has 49 heavy (non-hydrogen) atoms. The number of nitrogens with zero attached hydrogens (tertiary/aromatic N) is 2. The molecule has 4 nitrogen and oxygen atoms in total. The molecule has 0 radical (unpaired) electrons. The van der Waals surface area contributed by atoms with Crippen LogP contribution in [0, 0.1) is 0 Å². The summed E-state index contributed by atoms with van der Waals surface area (Å²) in [6.07, 6.45) is 27.7. The van der Waals surface area contributed by atoms with Crippen molar-refractivity contribution in [2.24, 2.45) is 0 Å². The normalized spacial score (nSPS) is 12.1. The molecule has 2 N–H and O–H groups in total. The molecule has 0 bridgehead atoms. The van der Waals surface area contributed by atoms with E-state index in [0.29, 0.717) is 13.2 Å². The van der Waals surface area contributed by atoms with Crippen LogP contribution in [0.25, 0.3) is 16.9 Å². The zero-order valence-electron chi connectivity index (χ0n) is 32.1. The molecule has 0 aromatic heterocycles. The standard InChI is InChI=1S/C36H52N2.2C4H10O.Ni/c1-4-7-10-12-14-16-19-30-24-26-32(27-25-30)35-29-34(22-9-6-3)36(38(35)37)33-23-18-21-31(28-33)20-17-15-13-11-8-5-2;2*1-2-3-4-5;/h18,21,23-29H,4-17,19-20,22H2,1-3H3;2*5H,2-4H2,1H3;. The molecule has 1 heterocycles. The molecule has 0 aliphatic carbocycles. The Kier molecular flexibility index (Phi) is 30.5. The van der Waals surface area contributed by atoms with Crippen LogP contribution in [-0.2, 0) is 29.3 Å². The van der Waals surface area contributed by atoms with Crippen LogP contribution in [0.1, 0.15) is 179 Å². The van der Waals surface area contributed by atoms with Gasteiger partial charge in [0.15, 0.2) is 0 Å². The Balaban J connectivity index is 0.00000183. The third-order valence-electron chi connectivity index (χ3n) is 8.97. The monoisotopic (exact) mass is 718 g/mol. The van der Waals surface area contributed by atoms with Crippen molar-refractivity contribution in [2.75, 3.05) is 13.2 Å². The Morgan fingerprint density at radius 1 is 0.510 bits per heavy atom. The molecule has 280 valence electrons. The summed E-state index contributed by atoms with van der Waals surface area (Å²) in [6, 6.07) is 17.8. The van der Waals surface area contributed by atoms with Crippen LogP contribution >= 0.6 is 0 Å². The fourth-order valence-corrected chi connectivity index (χ4v) is 5.87. The average molecular weight is 720 g/mol. The van der Waals surface area contributed by atoms with Crippen molar-refractivity contribution >= 4 is 11.4 Å². The van der Waals surface area contributed by atoms with Gasteiger partial charge in [-0.3, -0.25) is 0 Å². The summed E-state index contributed by atoms with van der Waals surface area (Å²) in [5.74, 6) is 0. The summed E-state index contributed by atoms with van der Waals surface area (Å²) in [5.41, 5.74) is 19.5. The molecular formula is C44H72N2NiO2. The first kappa shape index (κ1) is 46.9. The van der Waals surface area contributed by atoms with E-state index in [0.717, 1.165) is 80.3 Å². The number of allylic oxidation sites excluding steroid dienone is 2. The Bertz CT molecular complexity index is 1150. The second-order valence-corrected chi connectivity index (χ2v) is 13.4. The maximum atomic E-state index is 11.4. The van der Waals surface area contributed by atoms with Crippen LogP contribution in [-0.4, -0.2) is 28.1 Å². The minimum absolute atomic E-state index is 0. The smallest absolute Gasteiger partial charge is 0.210 e. The first-order valence-electron chi connectivity index (χ1n) is 19.8. The van der Waals surface area contributed by atoms with Crippen molar-refractivity contribution < 1.29 is 31.4 Å². The molecule has 3 rings (SSSR count). The van der Waals surface area contributed by atoms with E-state index in [9.17, 15) is 5.53 Å². The van der Waals surface area contributed by atoms with Crippen molar-refractivity contribution in [1.29, 1.82) is 0 Å². The zero-order chi connectivity index (χ0) is 35.2. The minimum Gasteiger partial charge on any atom is -0.493 e. The molecular weight excluding hydrogens is 647 g/mol. The summed E-state index contributed by atoms with van der Waals surface area (Å²) in [4.78, 5) is 0. The maximum absolute atomic E-state index is 11.4. The summed E-state index contributed by atoms with van der Waals surface area (Å²) in [6.45, 7) is 11.6. The van der Waals surface area contributed by atoms with E-state index in [2.05, 4.69) is 89.2 Å². The molecule has 2 aromatic rings. The van der Waals surface area contributed by atoms with Crippen LogP contribution in [0.4, 0.5) is 0 Å². The Morgan fingerprint density at radius 2 is 1.00 bits per heavy atom. The molecule has 0 saturated carbocycles. The summed E-state index contributed by atoms with van der Waals surface area (Å²) in [7, 11) is 0. The van der Waals surface area contributed by atoms with Crippen molar-refractivity contribution in [1.82, 2.24) is 0 Å². The fraction of sp³-hybridized carbons (Fsp3) is 0.636. The molecule has 2 aromatic carbocycles.